The second-order valence-electron chi connectivity index (χ2n) is 5.71. The number of aromatic nitrogens is 1. The van der Waals surface area contributed by atoms with E-state index in [1.165, 1.54) is 6.92 Å². The first-order valence-corrected chi connectivity index (χ1v) is 8.88. The standard InChI is InChI=1S/C19H19N3O2S/c1-14(23)20-16-4-6-17(7-5-16)21-19(24)12-18(15-8-11-25-13-15)22-9-2-3-10-22/h2-11,13,18H,12H2,1H3,(H,20,23)(H,21,24)/t18-/m0/s1. The van der Waals surface area contributed by atoms with Gasteiger partial charge in [0.15, 0.2) is 0 Å². The number of benzene rings is 1. The molecule has 128 valence electrons. The van der Waals surface area contributed by atoms with Gasteiger partial charge in [0.2, 0.25) is 11.8 Å². The van der Waals surface area contributed by atoms with Crippen LogP contribution in [0.25, 0.3) is 0 Å². The van der Waals surface area contributed by atoms with Crippen LogP contribution in [0, 0.1) is 0 Å². The van der Waals surface area contributed by atoms with E-state index in [0.717, 1.165) is 5.56 Å². The Hall–Kier alpha value is -2.86. The number of hydrogen-bond donors (Lipinski definition) is 2. The lowest BCUT2D eigenvalue weighted by atomic mass is 10.1. The van der Waals surface area contributed by atoms with Gasteiger partial charge in [0, 0.05) is 30.7 Å². The molecule has 0 bridgehead atoms. The van der Waals surface area contributed by atoms with Crippen LogP contribution in [0.2, 0.25) is 0 Å². The maximum Gasteiger partial charge on any atom is 0.226 e. The Balaban J connectivity index is 1.67. The molecule has 2 amide bonds. The molecule has 2 N–H and O–H groups in total. The number of carbonyl (C=O) groups is 2. The molecular weight excluding hydrogens is 334 g/mol. The fourth-order valence-corrected chi connectivity index (χ4v) is 3.35. The molecule has 0 aliphatic heterocycles. The number of thiophene rings is 1. The van der Waals surface area contributed by atoms with E-state index >= 15 is 0 Å². The zero-order valence-electron chi connectivity index (χ0n) is 13.8. The second kappa shape index (κ2) is 7.81. The van der Waals surface area contributed by atoms with Crippen molar-refractivity contribution in [2.45, 2.75) is 19.4 Å². The highest BCUT2D eigenvalue weighted by atomic mass is 32.1. The summed E-state index contributed by atoms with van der Waals surface area (Å²) < 4.78 is 2.04. The molecular formula is C19H19N3O2S. The van der Waals surface area contributed by atoms with Gasteiger partial charge in [-0.3, -0.25) is 9.59 Å². The molecule has 0 unspecified atom stereocenters. The molecule has 0 spiro atoms. The van der Waals surface area contributed by atoms with Crippen molar-refractivity contribution in [3.63, 3.8) is 0 Å². The van der Waals surface area contributed by atoms with Crippen LogP contribution in [-0.4, -0.2) is 16.4 Å². The summed E-state index contributed by atoms with van der Waals surface area (Å²) >= 11 is 1.62. The van der Waals surface area contributed by atoms with Crippen LogP contribution in [0.4, 0.5) is 11.4 Å². The van der Waals surface area contributed by atoms with Crippen LogP contribution in [0.1, 0.15) is 24.9 Å². The molecule has 3 rings (SSSR count). The lowest BCUT2D eigenvalue weighted by Crippen LogP contribution is -2.19. The minimum absolute atomic E-state index is 0.0279. The Morgan fingerprint density at radius 1 is 1.04 bits per heavy atom. The van der Waals surface area contributed by atoms with Gasteiger partial charge in [0.05, 0.1) is 12.5 Å². The first kappa shape index (κ1) is 17.0. The van der Waals surface area contributed by atoms with Crippen LogP contribution < -0.4 is 10.6 Å². The molecule has 2 aromatic heterocycles. The van der Waals surface area contributed by atoms with Gasteiger partial charge in [0.1, 0.15) is 0 Å². The average molecular weight is 353 g/mol. The number of rotatable bonds is 6. The van der Waals surface area contributed by atoms with Crippen LogP contribution >= 0.6 is 11.3 Å². The van der Waals surface area contributed by atoms with E-state index in [2.05, 4.69) is 16.0 Å². The number of nitrogens with one attached hydrogen (secondary N) is 2. The Bertz CT molecular complexity index is 790. The monoisotopic (exact) mass is 353 g/mol. The summed E-state index contributed by atoms with van der Waals surface area (Å²) in [6, 6.07) is 13.0. The number of anilines is 2. The second-order valence-corrected chi connectivity index (χ2v) is 6.49. The molecule has 0 radical (unpaired) electrons. The van der Waals surface area contributed by atoms with Crippen molar-refractivity contribution in [1.29, 1.82) is 0 Å². The van der Waals surface area contributed by atoms with Gasteiger partial charge in [-0.1, -0.05) is 0 Å². The van der Waals surface area contributed by atoms with Gasteiger partial charge in [-0.25, -0.2) is 0 Å². The largest absolute Gasteiger partial charge is 0.346 e. The minimum Gasteiger partial charge on any atom is -0.346 e. The van der Waals surface area contributed by atoms with Gasteiger partial charge >= 0.3 is 0 Å². The molecule has 5 nitrogen and oxygen atoms in total. The molecule has 3 aromatic rings. The topological polar surface area (TPSA) is 63.1 Å². The SMILES string of the molecule is CC(=O)Nc1ccc(NC(=O)C[C@@H](c2ccsc2)n2cccc2)cc1. The summed E-state index contributed by atoms with van der Waals surface area (Å²) in [4.78, 5) is 23.5. The third-order valence-corrected chi connectivity index (χ3v) is 4.48. The summed E-state index contributed by atoms with van der Waals surface area (Å²) in [5.41, 5.74) is 2.53. The first-order valence-electron chi connectivity index (χ1n) is 7.94. The molecule has 0 aliphatic rings. The van der Waals surface area contributed by atoms with Crippen LogP contribution in [0.15, 0.2) is 65.6 Å². The van der Waals surface area contributed by atoms with Crippen LogP contribution in [0.5, 0.6) is 0 Å². The quantitative estimate of drug-likeness (QED) is 0.700. The van der Waals surface area contributed by atoms with E-state index in [9.17, 15) is 9.59 Å². The first-order chi connectivity index (χ1) is 12.1. The summed E-state index contributed by atoms with van der Waals surface area (Å²) in [6.45, 7) is 1.46. The smallest absolute Gasteiger partial charge is 0.226 e. The van der Waals surface area contributed by atoms with Crippen molar-refractivity contribution < 1.29 is 9.59 Å². The molecule has 0 aliphatic carbocycles. The van der Waals surface area contributed by atoms with Gasteiger partial charge < -0.3 is 15.2 Å². The molecule has 0 fully saturated rings. The molecule has 1 atom stereocenters. The summed E-state index contributed by atoms with van der Waals surface area (Å²) in [6.07, 6.45) is 4.29. The zero-order chi connectivity index (χ0) is 17.6. The van der Waals surface area contributed by atoms with Gasteiger partial charge in [-0.05, 0) is 58.8 Å². The highest BCUT2D eigenvalue weighted by molar-refractivity contribution is 7.08. The molecule has 0 saturated carbocycles. The molecule has 0 saturated heterocycles. The Morgan fingerprint density at radius 2 is 1.68 bits per heavy atom. The summed E-state index contributed by atoms with van der Waals surface area (Å²) in [7, 11) is 0. The van der Waals surface area contributed by atoms with E-state index < -0.39 is 0 Å². The maximum absolute atomic E-state index is 12.5. The van der Waals surface area contributed by atoms with Crippen molar-refractivity contribution in [1.82, 2.24) is 4.57 Å². The van der Waals surface area contributed by atoms with Crippen LogP contribution in [-0.2, 0) is 9.59 Å². The van der Waals surface area contributed by atoms with Crippen molar-refractivity contribution >= 4 is 34.5 Å². The van der Waals surface area contributed by atoms with Crippen molar-refractivity contribution in [2.75, 3.05) is 10.6 Å². The van der Waals surface area contributed by atoms with Crippen molar-refractivity contribution in [3.8, 4) is 0 Å². The van der Waals surface area contributed by atoms with Gasteiger partial charge in [-0.15, -0.1) is 0 Å². The average Bonchev–Trinajstić information content (AvgIpc) is 3.28. The minimum atomic E-state index is -0.123. The number of carbonyl (C=O) groups excluding carboxylic acids is 2. The molecule has 6 heteroatoms. The third kappa shape index (κ3) is 4.58. The van der Waals surface area contributed by atoms with E-state index in [4.69, 9.17) is 0 Å². The zero-order valence-corrected chi connectivity index (χ0v) is 14.6. The molecule has 25 heavy (non-hydrogen) atoms. The van der Waals surface area contributed by atoms with E-state index in [1.54, 1.807) is 35.6 Å². The lowest BCUT2D eigenvalue weighted by Gasteiger charge is -2.18. The van der Waals surface area contributed by atoms with Crippen molar-refractivity contribution in [3.05, 3.63) is 71.2 Å². The molecule has 2 heterocycles. The fourth-order valence-electron chi connectivity index (χ4n) is 2.64. The summed E-state index contributed by atoms with van der Waals surface area (Å²) in [5, 5.41) is 9.70. The Labute approximate surface area is 150 Å². The van der Waals surface area contributed by atoms with E-state index in [1.807, 2.05) is 40.5 Å². The van der Waals surface area contributed by atoms with E-state index in [0.29, 0.717) is 17.8 Å². The summed E-state index contributed by atoms with van der Waals surface area (Å²) in [5.74, 6) is -0.181. The number of nitrogens with zero attached hydrogens (tertiary/aromatic N) is 1. The Kier molecular flexibility index (Phi) is 5.30. The van der Waals surface area contributed by atoms with Gasteiger partial charge in [-0.2, -0.15) is 11.3 Å². The number of hydrogen-bond acceptors (Lipinski definition) is 3. The van der Waals surface area contributed by atoms with Crippen LogP contribution in [0.3, 0.4) is 0 Å². The normalized spacial score (nSPS) is 11.7. The van der Waals surface area contributed by atoms with Crippen molar-refractivity contribution in [2.24, 2.45) is 0 Å². The fraction of sp³-hybridized carbons (Fsp3) is 0.158. The number of amides is 2. The third-order valence-electron chi connectivity index (χ3n) is 3.78. The molecule has 1 aromatic carbocycles. The highest BCUT2D eigenvalue weighted by Gasteiger charge is 2.17. The highest BCUT2D eigenvalue weighted by Crippen LogP contribution is 2.25. The predicted molar refractivity (Wildman–Crippen MR) is 101 cm³/mol. The lowest BCUT2D eigenvalue weighted by molar-refractivity contribution is -0.117. The maximum atomic E-state index is 12.5. The van der Waals surface area contributed by atoms with E-state index in [-0.39, 0.29) is 17.9 Å². The van der Waals surface area contributed by atoms with Gasteiger partial charge in [0.25, 0.3) is 0 Å². The predicted octanol–water partition coefficient (Wildman–Crippen LogP) is 4.13. The Morgan fingerprint density at radius 3 is 2.24 bits per heavy atom.